The molecular weight excluding hydrogens is 938 g/mol. The standard InChI is InChI=1S/C47H68IN5O9S/c1-8-41-34(16-21-54)23-29(2)9-14-39(55)30(3)24-35(46(31(4)40(56)25-42(57)61-41)62-47-45(59)43(51(6)7)44(58)32(5)60-47)15-18-52(26-33-10-12-37(48)13-11-33)19-20-53-27-38(49-50-53)36-17-22-63-28-36/h9-14,17,22-23,27-28,30-32,34-35,40-41,43-47,54,56,58-59H,8,15-16,18-21,24-26H2,1-7H3/b14-9+,29-23+/t30-,31+,32-,34+,35+,40-,41-,43?,44-,45?,46-,47+/m1/s1. The van der Waals surface area contributed by atoms with Crippen LogP contribution >= 0.6 is 33.9 Å². The van der Waals surface area contributed by atoms with E-state index in [1.54, 1.807) is 49.4 Å². The lowest BCUT2D eigenvalue weighted by molar-refractivity contribution is -0.304. The van der Waals surface area contributed by atoms with Gasteiger partial charge in [0.1, 0.15) is 17.9 Å². The van der Waals surface area contributed by atoms with Crippen molar-refractivity contribution in [1.29, 1.82) is 0 Å². The maximum atomic E-state index is 14.0. The molecule has 1 aromatic carbocycles. The predicted octanol–water partition coefficient (Wildman–Crippen LogP) is 5.72. The molecule has 348 valence electrons. The number of hydrogen-bond acceptors (Lipinski definition) is 14. The minimum Gasteiger partial charge on any atom is -0.462 e. The number of ketones is 1. The Bertz CT molecular complexity index is 1930. The number of nitrogens with zero attached hydrogens (tertiary/aromatic N) is 5. The number of allylic oxidation sites excluding steroid dienone is 3. The van der Waals surface area contributed by atoms with Gasteiger partial charge in [-0.2, -0.15) is 11.3 Å². The van der Waals surface area contributed by atoms with Crippen LogP contribution in [-0.2, 0) is 36.9 Å². The molecule has 16 heteroatoms. The first kappa shape index (κ1) is 51.1. The number of aliphatic hydroxyl groups excluding tert-OH is 4. The van der Waals surface area contributed by atoms with Gasteiger partial charge in [0.05, 0.1) is 49.6 Å². The number of carbonyl (C=O) groups is 2. The van der Waals surface area contributed by atoms with Crippen molar-refractivity contribution in [2.24, 2.45) is 23.7 Å². The van der Waals surface area contributed by atoms with Crippen molar-refractivity contribution in [3.63, 3.8) is 0 Å². The van der Waals surface area contributed by atoms with E-state index < -0.39 is 66.8 Å². The number of hydrogen-bond donors (Lipinski definition) is 4. The number of carbonyl (C=O) groups excluding carboxylic acids is 2. The molecule has 2 unspecified atom stereocenters. The van der Waals surface area contributed by atoms with Crippen LogP contribution in [0.1, 0.15) is 72.3 Å². The van der Waals surface area contributed by atoms with Crippen LogP contribution in [-0.4, -0.2) is 140 Å². The molecule has 63 heavy (non-hydrogen) atoms. The molecule has 0 radical (unpaired) electrons. The van der Waals surface area contributed by atoms with E-state index in [1.165, 1.54) is 0 Å². The average Bonchev–Trinajstić information content (AvgIpc) is 3.96. The second-order valence-corrected chi connectivity index (χ2v) is 19.6. The molecule has 4 heterocycles. The van der Waals surface area contributed by atoms with Gasteiger partial charge >= 0.3 is 5.97 Å². The molecule has 2 aromatic heterocycles. The van der Waals surface area contributed by atoms with E-state index in [1.807, 2.05) is 61.5 Å². The van der Waals surface area contributed by atoms with Crippen molar-refractivity contribution in [2.75, 3.05) is 33.8 Å². The fraction of sp³-hybridized carbons (Fsp3) is 0.617. The molecule has 0 aliphatic carbocycles. The summed E-state index contributed by atoms with van der Waals surface area (Å²) >= 11 is 3.91. The summed E-state index contributed by atoms with van der Waals surface area (Å²) in [4.78, 5) is 31.7. The van der Waals surface area contributed by atoms with Gasteiger partial charge in [-0.3, -0.25) is 19.2 Å². The number of benzene rings is 1. The number of cyclic esters (lactones) is 1. The molecule has 2 aliphatic rings. The average molecular weight is 1010 g/mol. The van der Waals surface area contributed by atoms with Crippen molar-refractivity contribution in [3.8, 4) is 11.3 Å². The van der Waals surface area contributed by atoms with Gasteiger partial charge in [-0.1, -0.05) is 55.8 Å². The summed E-state index contributed by atoms with van der Waals surface area (Å²) in [5.74, 6) is -2.50. The molecule has 14 nitrogen and oxygen atoms in total. The molecular formula is C47H68IN5O9S. The molecule has 1 fully saturated rings. The Labute approximate surface area is 390 Å². The summed E-state index contributed by atoms with van der Waals surface area (Å²) in [5.41, 5.74) is 3.76. The Morgan fingerprint density at radius 2 is 1.76 bits per heavy atom. The first-order valence-electron chi connectivity index (χ1n) is 22.2. The highest BCUT2D eigenvalue weighted by atomic mass is 127. The number of aromatic nitrogens is 3. The minimum atomic E-state index is -1.26. The zero-order valence-electron chi connectivity index (χ0n) is 37.7. The Hall–Kier alpha value is -2.91. The molecule has 0 amide bonds. The summed E-state index contributed by atoms with van der Waals surface area (Å²) in [7, 11) is 3.55. The normalized spacial score (nSPS) is 31.8. The zero-order chi connectivity index (χ0) is 45.8. The topological polar surface area (TPSA) is 180 Å². The third kappa shape index (κ3) is 14.5. The maximum Gasteiger partial charge on any atom is 0.308 e. The van der Waals surface area contributed by atoms with Crippen LogP contribution < -0.4 is 0 Å². The Balaban J connectivity index is 1.51. The summed E-state index contributed by atoms with van der Waals surface area (Å²) in [6.45, 7) is 11.5. The summed E-state index contributed by atoms with van der Waals surface area (Å²) < 4.78 is 22.0. The van der Waals surface area contributed by atoms with Crippen molar-refractivity contribution in [2.45, 2.75) is 129 Å². The van der Waals surface area contributed by atoms with E-state index in [9.17, 15) is 30.0 Å². The Kier molecular flexibility index (Phi) is 19.9. The van der Waals surface area contributed by atoms with Gasteiger partial charge in [0.25, 0.3) is 0 Å². The van der Waals surface area contributed by atoms with Crippen molar-refractivity contribution >= 4 is 45.7 Å². The van der Waals surface area contributed by atoms with Gasteiger partial charge in [0.15, 0.2) is 12.1 Å². The largest absolute Gasteiger partial charge is 0.462 e. The third-order valence-corrected chi connectivity index (χ3v) is 14.0. The SMILES string of the molecule is CC[C@H]1OC(=O)C[C@@H](O)[C@H](C)[C@@H](O[C@@H]2O[C@H](C)[C@@H](O)C(N(C)C)C2O)[C@@H](CCN(CCn2cc(-c3ccsc3)nn2)Cc2ccc(I)cc2)C[C@@H](C)C(=O)/C=C/C(C)=C/[C@@H]1CCO. The molecule has 0 saturated carbocycles. The van der Waals surface area contributed by atoms with Crippen LogP contribution in [0, 0.1) is 27.2 Å². The number of likely N-dealkylation sites (N-methyl/N-ethyl adjacent to an activating group) is 1. The quantitative estimate of drug-likeness (QED) is 0.107. The summed E-state index contributed by atoms with van der Waals surface area (Å²) in [6, 6.07) is 9.71. The molecule has 0 spiro atoms. The van der Waals surface area contributed by atoms with Gasteiger partial charge in [-0.05, 0) is 124 Å². The highest BCUT2D eigenvalue weighted by Gasteiger charge is 2.47. The van der Waals surface area contributed by atoms with Gasteiger partial charge in [0.2, 0.25) is 0 Å². The smallest absolute Gasteiger partial charge is 0.308 e. The van der Waals surface area contributed by atoms with Crippen LogP contribution in [0.15, 0.2) is 71.1 Å². The van der Waals surface area contributed by atoms with Crippen LogP contribution in [0.3, 0.4) is 0 Å². The number of esters is 1. The number of aliphatic hydroxyl groups is 4. The minimum absolute atomic E-state index is 0.0781. The number of rotatable bonds is 15. The van der Waals surface area contributed by atoms with Gasteiger partial charge in [-0.15, -0.1) is 5.10 Å². The first-order chi connectivity index (χ1) is 30.1. The number of ether oxygens (including phenoxy) is 3. The first-order valence-corrected chi connectivity index (χ1v) is 24.2. The Morgan fingerprint density at radius 3 is 2.43 bits per heavy atom. The lowest BCUT2D eigenvalue weighted by Gasteiger charge is -2.47. The molecule has 3 aromatic rings. The van der Waals surface area contributed by atoms with Crippen molar-refractivity contribution in [1.82, 2.24) is 24.8 Å². The van der Waals surface area contributed by atoms with Crippen LogP contribution in [0.2, 0.25) is 0 Å². The van der Waals surface area contributed by atoms with Crippen LogP contribution in [0.4, 0.5) is 0 Å². The maximum absolute atomic E-state index is 14.0. The fourth-order valence-electron chi connectivity index (χ4n) is 8.77. The Morgan fingerprint density at radius 1 is 1.02 bits per heavy atom. The summed E-state index contributed by atoms with van der Waals surface area (Å²) in [6.07, 6.45) is 1.92. The lowest BCUT2D eigenvalue weighted by Crippen LogP contribution is -2.63. The second kappa shape index (κ2) is 24.6. The fourth-order valence-corrected chi connectivity index (χ4v) is 9.77. The highest BCUT2D eigenvalue weighted by molar-refractivity contribution is 14.1. The lowest BCUT2D eigenvalue weighted by atomic mass is 9.79. The van der Waals surface area contributed by atoms with Crippen LogP contribution in [0.25, 0.3) is 11.3 Å². The molecule has 2 aliphatic heterocycles. The predicted molar refractivity (Wildman–Crippen MR) is 251 cm³/mol. The van der Waals surface area contributed by atoms with E-state index in [0.29, 0.717) is 51.9 Å². The van der Waals surface area contributed by atoms with Crippen molar-refractivity contribution in [3.05, 3.63) is 80.2 Å². The van der Waals surface area contributed by atoms with E-state index >= 15 is 0 Å². The van der Waals surface area contributed by atoms with E-state index in [-0.39, 0.29) is 30.6 Å². The van der Waals surface area contributed by atoms with E-state index in [0.717, 1.165) is 26.0 Å². The molecule has 4 N–H and O–H groups in total. The second-order valence-electron chi connectivity index (χ2n) is 17.6. The summed E-state index contributed by atoms with van der Waals surface area (Å²) in [5, 5.41) is 57.5. The third-order valence-electron chi connectivity index (χ3n) is 12.6. The number of thiophene rings is 1. The molecule has 1 saturated heterocycles. The van der Waals surface area contributed by atoms with Gasteiger partial charge < -0.3 is 39.5 Å². The van der Waals surface area contributed by atoms with E-state index in [2.05, 4.69) is 62.1 Å². The van der Waals surface area contributed by atoms with E-state index in [4.69, 9.17) is 14.2 Å². The molecule has 0 bridgehead atoms. The molecule has 5 rings (SSSR count). The van der Waals surface area contributed by atoms with Gasteiger partial charge in [0, 0.05) is 52.0 Å². The monoisotopic (exact) mass is 1010 g/mol. The van der Waals surface area contributed by atoms with Gasteiger partial charge in [-0.25, -0.2) is 0 Å². The zero-order valence-corrected chi connectivity index (χ0v) is 40.7. The molecule has 12 atom stereocenters. The highest BCUT2D eigenvalue weighted by Crippen LogP contribution is 2.35. The van der Waals surface area contributed by atoms with Crippen molar-refractivity contribution < 1.29 is 44.2 Å². The van der Waals surface area contributed by atoms with Crippen LogP contribution in [0.5, 0.6) is 0 Å². The number of halogens is 1.